The van der Waals surface area contributed by atoms with E-state index in [1.165, 1.54) is 21.1 Å². The summed E-state index contributed by atoms with van der Waals surface area (Å²) in [6.07, 6.45) is 2.31. The first kappa shape index (κ1) is 12.2. The quantitative estimate of drug-likeness (QED) is 0.842. The van der Waals surface area contributed by atoms with Crippen molar-refractivity contribution in [2.45, 2.75) is 25.7 Å². The van der Waals surface area contributed by atoms with Gasteiger partial charge in [0.05, 0.1) is 10.7 Å². The summed E-state index contributed by atoms with van der Waals surface area (Å²) in [5.41, 5.74) is 2.96. The van der Waals surface area contributed by atoms with E-state index in [9.17, 15) is 0 Å². The highest BCUT2D eigenvalue weighted by Gasteiger charge is 2.18. The Bertz CT molecular complexity index is 378. The number of methoxy groups -OCH3 is 1. The maximum atomic E-state index is 5.39. The topological polar surface area (TPSA) is 21.3 Å². The van der Waals surface area contributed by atoms with Gasteiger partial charge in [-0.1, -0.05) is 6.92 Å². The van der Waals surface area contributed by atoms with E-state index in [-0.39, 0.29) is 0 Å². The van der Waals surface area contributed by atoms with E-state index < -0.39 is 0 Å². The van der Waals surface area contributed by atoms with Crippen LogP contribution in [0.4, 0.5) is 0 Å². The van der Waals surface area contributed by atoms with Crippen molar-refractivity contribution in [2.24, 2.45) is 0 Å². The maximum absolute atomic E-state index is 5.39. The van der Waals surface area contributed by atoms with E-state index in [2.05, 4.69) is 47.0 Å². The number of benzene rings is 1. The van der Waals surface area contributed by atoms with Crippen LogP contribution in [0.2, 0.25) is 0 Å². The molecule has 1 aliphatic rings. The fourth-order valence-electron chi connectivity index (χ4n) is 2.34. The molecule has 88 valence electrons. The van der Waals surface area contributed by atoms with E-state index in [4.69, 9.17) is 4.74 Å². The highest BCUT2D eigenvalue weighted by Crippen LogP contribution is 2.32. The monoisotopic (exact) mass is 331 g/mol. The normalized spacial score (nSPS) is 20.1. The minimum absolute atomic E-state index is 0.650. The summed E-state index contributed by atoms with van der Waals surface area (Å²) in [5, 5.41) is 3.51. The van der Waals surface area contributed by atoms with Crippen LogP contribution in [-0.2, 0) is 6.42 Å². The molecule has 0 spiro atoms. The van der Waals surface area contributed by atoms with Crippen molar-refractivity contribution < 1.29 is 4.74 Å². The average molecular weight is 331 g/mol. The largest absolute Gasteiger partial charge is 0.496 e. The molecule has 1 aromatic rings. The lowest BCUT2D eigenvalue weighted by Gasteiger charge is -2.17. The van der Waals surface area contributed by atoms with Gasteiger partial charge in [0.1, 0.15) is 5.75 Å². The third kappa shape index (κ3) is 2.35. The standard InChI is InChI=1S/C13H18INO/c1-3-9-8-15-5-4-10-6-13(16-2)12(14)7-11(9)10/h6-7,9,15H,3-5,8H2,1-2H3. The number of ether oxygens (including phenoxy) is 1. The van der Waals surface area contributed by atoms with Gasteiger partial charge in [0, 0.05) is 6.54 Å². The Balaban J connectivity index is 2.45. The van der Waals surface area contributed by atoms with Crippen LogP contribution in [0, 0.1) is 3.57 Å². The Kier molecular flexibility index (Phi) is 4.08. The second-order valence-corrected chi connectivity index (χ2v) is 5.41. The molecule has 1 aliphatic heterocycles. The predicted octanol–water partition coefficient (Wildman–Crippen LogP) is 2.94. The zero-order chi connectivity index (χ0) is 11.5. The van der Waals surface area contributed by atoms with Crippen molar-refractivity contribution in [1.29, 1.82) is 0 Å². The van der Waals surface area contributed by atoms with Gasteiger partial charge in [-0.2, -0.15) is 0 Å². The van der Waals surface area contributed by atoms with Crippen LogP contribution in [0.3, 0.4) is 0 Å². The first-order chi connectivity index (χ1) is 7.76. The summed E-state index contributed by atoms with van der Waals surface area (Å²) in [7, 11) is 1.75. The summed E-state index contributed by atoms with van der Waals surface area (Å²) in [6, 6.07) is 4.52. The lowest BCUT2D eigenvalue weighted by Crippen LogP contribution is -2.19. The molecule has 1 aromatic carbocycles. The zero-order valence-corrected chi connectivity index (χ0v) is 12.0. The molecule has 0 radical (unpaired) electrons. The Labute approximate surface area is 111 Å². The molecule has 0 saturated carbocycles. The summed E-state index contributed by atoms with van der Waals surface area (Å²) in [6.45, 7) is 4.44. The van der Waals surface area contributed by atoms with Gasteiger partial charge in [-0.3, -0.25) is 0 Å². The minimum Gasteiger partial charge on any atom is -0.496 e. The molecule has 1 N–H and O–H groups in total. The van der Waals surface area contributed by atoms with Crippen molar-refractivity contribution >= 4 is 22.6 Å². The van der Waals surface area contributed by atoms with Gasteiger partial charge >= 0.3 is 0 Å². The maximum Gasteiger partial charge on any atom is 0.132 e. The van der Waals surface area contributed by atoms with Crippen LogP contribution >= 0.6 is 22.6 Å². The highest BCUT2D eigenvalue weighted by molar-refractivity contribution is 14.1. The average Bonchev–Trinajstić information content (AvgIpc) is 2.49. The molecule has 0 aromatic heterocycles. The number of rotatable bonds is 2. The molecule has 2 nitrogen and oxygen atoms in total. The molecule has 16 heavy (non-hydrogen) atoms. The lowest BCUT2D eigenvalue weighted by atomic mass is 9.92. The minimum atomic E-state index is 0.650. The number of hydrogen-bond donors (Lipinski definition) is 1. The van der Waals surface area contributed by atoms with Gasteiger partial charge < -0.3 is 10.1 Å². The molecule has 0 aliphatic carbocycles. The summed E-state index contributed by atoms with van der Waals surface area (Å²) in [4.78, 5) is 0. The van der Waals surface area contributed by atoms with Crippen molar-refractivity contribution in [3.05, 3.63) is 26.8 Å². The molecule has 0 fully saturated rings. The molecule has 0 saturated heterocycles. The van der Waals surface area contributed by atoms with E-state index in [1.807, 2.05) is 0 Å². The number of fused-ring (bicyclic) bond motifs is 1. The van der Waals surface area contributed by atoms with Gasteiger partial charge in [0.25, 0.3) is 0 Å². The van der Waals surface area contributed by atoms with Crippen LogP contribution in [-0.4, -0.2) is 20.2 Å². The van der Waals surface area contributed by atoms with Crippen molar-refractivity contribution in [3.63, 3.8) is 0 Å². The lowest BCUT2D eigenvalue weighted by molar-refractivity contribution is 0.411. The molecular weight excluding hydrogens is 313 g/mol. The Morgan fingerprint density at radius 2 is 2.31 bits per heavy atom. The van der Waals surface area contributed by atoms with E-state index >= 15 is 0 Å². The Morgan fingerprint density at radius 1 is 1.50 bits per heavy atom. The van der Waals surface area contributed by atoms with Gasteiger partial charge in [-0.15, -0.1) is 0 Å². The van der Waals surface area contributed by atoms with Crippen LogP contribution in [0.5, 0.6) is 5.75 Å². The van der Waals surface area contributed by atoms with E-state index in [1.54, 1.807) is 7.11 Å². The SMILES string of the molecule is CCC1CNCCc2cc(OC)c(I)cc21. The highest BCUT2D eigenvalue weighted by atomic mass is 127. The van der Waals surface area contributed by atoms with Crippen LogP contribution < -0.4 is 10.1 Å². The van der Waals surface area contributed by atoms with Gasteiger partial charge in [-0.25, -0.2) is 0 Å². The van der Waals surface area contributed by atoms with Crippen LogP contribution in [0.15, 0.2) is 12.1 Å². The van der Waals surface area contributed by atoms with Crippen molar-refractivity contribution in [2.75, 3.05) is 20.2 Å². The van der Waals surface area contributed by atoms with Gasteiger partial charge in [0.15, 0.2) is 0 Å². The van der Waals surface area contributed by atoms with Crippen molar-refractivity contribution in [3.8, 4) is 5.75 Å². The molecule has 0 amide bonds. The summed E-state index contributed by atoms with van der Waals surface area (Å²) in [5.74, 6) is 1.66. The van der Waals surface area contributed by atoms with Crippen molar-refractivity contribution in [1.82, 2.24) is 5.32 Å². The Morgan fingerprint density at radius 3 is 3.00 bits per heavy atom. The molecular formula is C13H18INO. The number of halogens is 1. The van der Waals surface area contributed by atoms with E-state index in [0.717, 1.165) is 25.3 Å². The third-order valence-corrected chi connectivity index (χ3v) is 4.15. The first-order valence-corrected chi connectivity index (χ1v) is 6.91. The smallest absolute Gasteiger partial charge is 0.132 e. The van der Waals surface area contributed by atoms with Gasteiger partial charge in [0.2, 0.25) is 0 Å². The predicted molar refractivity (Wildman–Crippen MR) is 75.3 cm³/mol. The number of nitrogens with one attached hydrogen (secondary N) is 1. The van der Waals surface area contributed by atoms with Crippen LogP contribution in [0.1, 0.15) is 30.4 Å². The fourth-order valence-corrected chi connectivity index (χ4v) is 3.05. The molecule has 1 atom stereocenters. The summed E-state index contributed by atoms with van der Waals surface area (Å²) < 4.78 is 6.61. The Hall–Kier alpha value is -0.290. The van der Waals surface area contributed by atoms with Gasteiger partial charge in [-0.05, 0) is 71.2 Å². The number of hydrogen-bond acceptors (Lipinski definition) is 2. The molecule has 1 heterocycles. The molecule has 3 heteroatoms. The second kappa shape index (κ2) is 5.36. The fraction of sp³-hybridized carbons (Fsp3) is 0.538. The van der Waals surface area contributed by atoms with Crippen LogP contribution in [0.25, 0.3) is 0 Å². The first-order valence-electron chi connectivity index (χ1n) is 5.83. The third-order valence-electron chi connectivity index (χ3n) is 3.31. The van der Waals surface area contributed by atoms with E-state index in [0.29, 0.717) is 5.92 Å². The summed E-state index contributed by atoms with van der Waals surface area (Å²) >= 11 is 2.36. The molecule has 0 bridgehead atoms. The molecule has 1 unspecified atom stereocenters. The zero-order valence-electron chi connectivity index (χ0n) is 9.85. The second-order valence-electron chi connectivity index (χ2n) is 4.24. The molecule has 2 rings (SSSR count).